The Bertz CT molecular complexity index is 582. The van der Waals surface area contributed by atoms with Crippen LogP contribution in [0.15, 0.2) is 48.5 Å². The molecule has 6 heteroatoms. The molecule has 0 fully saturated rings. The predicted octanol–water partition coefficient (Wildman–Crippen LogP) is 1.08. The zero-order valence-electron chi connectivity index (χ0n) is 10.6. The van der Waals surface area contributed by atoms with Gasteiger partial charge in [-0.3, -0.25) is 15.0 Å². The van der Waals surface area contributed by atoms with Crippen molar-refractivity contribution in [1.29, 1.82) is 0 Å². The van der Waals surface area contributed by atoms with Gasteiger partial charge in [0.25, 0.3) is 5.91 Å². The van der Waals surface area contributed by atoms with E-state index in [1.807, 2.05) is 5.43 Å². The Morgan fingerprint density at radius 3 is 2.15 bits per heavy atom. The summed E-state index contributed by atoms with van der Waals surface area (Å²) in [6, 6.07) is 12.9. The third-order valence-electron chi connectivity index (χ3n) is 2.37. The predicted molar refractivity (Wildman–Crippen MR) is 76.0 cm³/mol. The quantitative estimate of drug-likeness (QED) is 0.215. The number of para-hydroxylation sites is 1. The molecule has 104 valence electrons. The van der Waals surface area contributed by atoms with Gasteiger partial charge in [-0.15, -0.1) is 0 Å². The van der Waals surface area contributed by atoms with E-state index in [2.05, 4.69) is 0 Å². The van der Waals surface area contributed by atoms with Gasteiger partial charge in [-0.05, 0) is 36.4 Å². The lowest BCUT2D eigenvalue weighted by Gasteiger charge is -1.98. The number of carbonyl (C=O) groups is 2. The van der Waals surface area contributed by atoms with Crippen LogP contribution in [-0.2, 0) is 0 Å². The number of anilines is 1. The summed E-state index contributed by atoms with van der Waals surface area (Å²) < 4.78 is 0. The number of aldehydes is 1. The molecule has 2 aromatic rings. The maximum Gasteiger partial charge on any atom is 0.265 e. The fourth-order valence-corrected chi connectivity index (χ4v) is 1.31. The third kappa shape index (κ3) is 4.43. The van der Waals surface area contributed by atoms with Gasteiger partial charge in [0.15, 0.2) is 6.29 Å². The molecule has 2 rings (SSSR count). The minimum Gasteiger partial charge on any atom is -0.507 e. The molecule has 0 atom stereocenters. The first-order valence-electron chi connectivity index (χ1n) is 5.68. The van der Waals surface area contributed by atoms with Crippen LogP contribution in [0.3, 0.4) is 0 Å². The van der Waals surface area contributed by atoms with Crippen LogP contribution in [0.2, 0.25) is 0 Å². The van der Waals surface area contributed by atoms with Crippen LogP contribution >= 0.6 is 0 Å². The first kappa shape index (κ1) is 15.2. The topological polar surface area (TPSA) is 118 Å². The number of phenols is 1. The van der Waals surface area contributed by atoms with E-state index in [1.165, 1.54) is 6.07 Å². The van der Waals surface area contributed by atoms with Crippen LogP contribution in [0, 0.1) is 0 Å². The van der Waals surface area contributed by atoms with Crippen LogP contribution in [0.5, 0.6) is 5.75 Å². The molecule has 0 spiro atoms. The second-order valence-electron chi connectivity index (χ2n) is 3.77. The molecule has 0 aliphatic rings. The van der Waals surface area contributed by atoms with Crippen LogP contribution in [0.1, 0.15) is 20.7 Å². The molecule has 2 aromatic carbocycles. The van der Waals surface area contributed by atoms with Gasteiger partial charge in [-0.25, -0.2) is 5.84 Å². The molecule has 0 aromatic heterocycles. The lowest BCUT2D eigenvalue weighted by Crippen LogP contribution is -2.29. The number of rotatable bonds is 2. The van der Waals surface area contributed by atoms with Gasteiger partial charge >= 0.3 is 0 Å². The molecule has 0 saturated heterocycles. The summed E-state index contributed by atoms with van der Waals surface area (Å²) in [6.07, 6.45) is 0.620. The average molecular weight is 273 g/mol. The Hall–Kier alpha value is -2.86. The molecule has 0 saturated carbocycles. The number of benzene rings is 2. The van der Waals surface area contributed by atoms with Crippen molar-refractivity contribution in [2.45, 2.75) is 0 Å². The molecule has 1 amide bonds. The molecular formula is C14H15N3O3. The van der Waals surface area contributed by atoms with Gasteiger partial charge in [-0.1, -0.05) is 12.1 Å². The number of phenolic OH excluding ortho intramolecular Hbond substituents is 1. The fraction of sp³-hybridized carbons (Fsp3) is 0. The first-order valence-corrected chi connectivity index (χ1v) is 5.68. The lowest BCUT2D eigenvalue weighted by atomic mass is 10.2. The lowest BCUT2D eigenvalue weighted by molar-refractivity contribution is 0.0953. The largest absolute Gasteiger partial charge is 0.507 e. The molecule has 6 nitrogen and oxygen atoms in total. The summed E-state index contributed by atoms with van der Waals surface area (Å²) in [5.74, 6) is 4.63. The minimum atomic E-state index is -0.315. The van der Waals surface area contributed by atoms with Crippen molar-refractivity contribution in [3.8, 4) is 5.75 Å². The number of nitrogen functional groups attached to an aromatic ring is 2. The van der Waals surface area contributed by atoms with E-state index in [9.17, 15) is 9.59 Å². The molecule has 0 unspecified atom stereocenters. The molecule has 0 heterocycles. The third-order valence-corrected chi connectivity index (χ3v) is 2.37. The van der Waals surface area contributed by atoms with Gasteiger partial charge < -0.3 is 10.8 Å². The first-order chi connectivity index (χ1) is 9.58. The van der Waals surface area contributed by atoms with E-state index < -0.39 is 0 Å². The second kappa shape index (κ2) is 7.55. The van der Waals surface area contributed by atoms with Gasteiger partial charge in [0, 0.05) is 11.3 Å². The zero-order chi connectivity index (χ0) is 15.0. The number of nitrogens with one attached hydrogen (secondary N) is 1. The average Bonchev–Trinajstić information content (AvgIpc) is 2.48. The Balaban J connectivity index is 0.000000204. The highest BCUT2D eigenvalue weighted by Gasteiger charge is 2.00. The van der Waals surface area contributed by atoms with Crippen molar-refractivity contribution in [2.24, 2.45) is 5.84 Å². The summed E-state index contributed by atoms with van der Waals surface area (Å²) in [5.41, 5.74) is 8.88. The van der Waals surface area contributed by atoms with Crippen molar-refractivity contribution in [2.75, 3.05) is 5.73 Å². The molecule has 20 heavy (non-hydrogen) atoms. The Kier molecular flexibility index (Phi) is 5.74. The van der Waals surface area contributed by atoms with E-state index in [0.717, 1.165) is 0 Å². The van der Waals surface area contributed by atoms with Gasteiger partial charge in [0.05, 0.1) is 5.56 Å². The maximum atomic E-state index is 10.8. The van der Waals surface area contributed by atoms with Crippen molar-refractivity contribution in [3.63, 3.8) is 0 Å². The molecule has 6 N–H and O–H groups in total. The number of aromatic hydroxyl groups is 1. The van der Waals surface area contributed by atoms with Crippen LogP contribution in [0.25, 0.3) is 0 Å². The van der Waals surface area contributed by atoms with Crippen molar-refractivity contribution in [1.82, 2.24) is 5.43 Å². The van der Waals surface area contributed by atoms with Crippen LogP contribution in [0.4, 0.5) is 5.69 Å². The molecule has 0 aliphatic heterocycles. The van der Waals surface area contributed by atoms with E-state index in [-0.39, 0.29) is 11.7 Å². The number of carbonyl (C=O) groups excluding carboxylic acids is 2. The summed E-state index contributed by atoms with van der Waals surface area (Å²) in [5, 5.41) is 8.88. The molecule has 0 radical (unpaired) electrons. The number of hydrogen-bond donors (Lipinski definition) is 4. The second-order valence-corrected chi connectivity index (χ2v) is 3.77. The molecular weight excluding hydrogens is 258 g/mol. The van der Waals surface area contributed by atoms with Crippen molar-refractivity contribution in [3.05, 3.63) is 59.7 Å². The van der Waals surface area contributed by atoms with E-state index in [0.29, 0.717) is 23.1 Å². The van der Waals surface area contributed by atoms with E-state index in [4.69, 9.17) is 16.7 Å². The van der Waals surface area contributed by atoms with Gasteiger partial charge in [0.2, 0.25) is 0 Å². The standard InChI is InChI=1S/C7H9N3O.C7H6O2/c8-6-3-1-5(2-4-6)7(11)10-9;8-5-6-3-1-2-4-7(6)9/h1-4H,8-9H2,(H,10,11);1-5,9H. The van der Waals surface area contributed by atoms with Crippen molar-refractivity contribution < 1.29 is 14.7 Å². The van der Waals surface area contributed by atoms with Crippen molar-refractivity contribution >= 4 is 17.9 Å². The summed E-state index contributed by atoms with van der Waals surface area (Å²) >= 11 is 0. The number of hydrazine groups is 1. The Labute approximate surface area is 116 Å². The SMILES string of the molecule is NNC(=O)c1ccc(N)cc1.O=Cc1ccccc1O. The van der Waals surface area contributed by atoms with Crippen LogP contribution < -0.4 is 17.0 Å². The maximum absolute atomic E-state index is 10.8. The number of hydrogen-bond acceptors (Lipinski definition) is 5. The highest BCUT2D eigenvalue weighted by atomic mass is 16.3. The van der Waals surface area contributed by atoms with Gasteiger partial charge in [0.1, 0.15) is 5.75 Å². The molecule has 0 bridgehead atoms. The normalized spacial score (nSPS) is 9.05. The Morgan fingerprint density at radius 2 is 1.70 bits per heavy atom. The summed E-state index contributed by atoms with van der Waals surface area (Å²) in [6.45, 7) is 0. The highest BCUT2D eigenvalue weighted by Crippen LogP contribution is 2.11. The smallest absolute Gasteiger partial charge is 0.265 e. The minimum absolute atomic E-state index is 0.0347. The highest BCUT2D eigenvalue weighted by molar-refractivity contribution is 5.93. The fourth-order valence-electron chi connectivity index (χ4n) is 1.31. The van der Waals surface area contributed by atoms with E-state index in [1.54, 1.807) is 42.5 Å². The Morgan fingerprint density at radius 1 is 1.10 bits per heavy atom. The number of nitrogens with two attached hydrogens (primary N) is 2. The zero-order valence-corrected chi connectivity index (χ0v) is 10.6. The summed E-state index contributed by atoms with van der Waals surface area (Å²) in [7, 11) is 0. The molecule has 0 aliphatic carbocycles. The van der Waals surface area contributed by atoms with E-state index >= 15 is 0 Å². The number of amides is 1. The van der Waals surface area contributed by atoms with Crippen LogP contribution in [-0.4, -0.2) is 17.3 Å². The van der Waals surface area contributed by atoms with Gasteiger partial charge in [-0.2, -0.15) is 0 Å². The monoisotopic (exact) mass is 273 g/mol. The summed E-state index contributed by atoms with van der Waals surface area (Å²) in [4.78, 5) is 20.9.